The van der Waals surface area contributed by atoms with E-state index in [0.717, 1.165) is 25.1 Å². The van der Waals surface area contributed by atoms with E-state index in [1.54, 1.807) is 0 Å². The molecule has 0 spiro atoms. The van der Waals surface area contributed by atoms with Gasteiger partial charge in [0.1, 0.15) is 6.10 Å². The zero-order chi connectivity index (χ0) is 14.5. The summed E-state index contributed by atoms with van der Waals surface area (Å²) in [5.41, 5.74) is 1.67. The Morgan fingerprint density at radius 1 is 1.45 bits per heavy atom. The van der Waals surface area contributed by atoms with Crippen molar-refractivity contribution in [3.8, 4) is 12.3 Å². The van der Waals surface area contributed by atoms with Crippen molar-refractivity contribution >= 4 is 11.7 Å². The summed E-state index contributed by atoms with van der Waals surface area (Å²) in [4.78, 5) is 14.2. The highest BCUT2D eigenvalue weighted by atomic mass is 16.5. The number of hydrogen-bond acceptors (Lipinski definition) is 3. The van der Waals surface area contributed by atoms with Crippen molar-refractivity contribution in [2.24, 2.45) is 5.92 Å². The second-order valence-corrected chi connectivity index (χ2v) is 5.25. The third-order valence-electron chi connectivity index (χ3n) is 3.74. The number of carbonyl (C=O) groups is 1. The van der Waals surface area contributed by atoms with Gasteiger partial charge in [0.15, 0.2) is 0 Å². The van der Waals surface area contributed by atoms with Gasteiger partial charge in [-0.25, -0.2) is 4.79 Å². The molecular weight excluding hydrogens is 250 g/mol. The average Bonchev–Trinajstić information content (AvgIpc) is 3.30. The Labute approximate surface area is 120 Å². The van der Waals surface area contributed by atoms with Gasteiger partial charge < -0.3 is 9.64 Å². The van der Waals surface area contributed by atoms with Crippen LogP contribution in [-0.2, 0) is 4.74 Å². The van der Waals surface area contributed by atoms with E-state index in [4.69, 9.17) is 11.2 Å². The molecule has 0 amide bonds. The first-order valence-electron chi connectivity index (χ1n) is 7.11. The van der Waals surface area contributed by atoms with Gasteiger partial charge in [-0.15, -0.1) is 12.3 Å². The van der Waals surface area contributed by atoms with Crippen LogP contribution < -0.4 is 4.90 Å². The maximum absolute atomic E-state index is 12.1. The molecule has 1 aliphatic rings. The first kappa shape index (κ1) is 14.5. The number of rotatable bonds is 6. The molecule has 0 unspecified atom stereocenters. The van der Waals surface area contributed by atoms with Gasteiger partial charge in [-0.1, -0.05) is 0 Å². The summed E-state index contributed by atoms with van der Waals surface area (Å²) in [5, 5.41) is 0. The molecule has 2 rings (SSSR count). The largest absolute Gasteiger partial charge is 0.457 e. The highest BCUT2D eigenvalue weighted by Crippen LogP contribution is 2.36. The molecule has 0 saturated heterocycles. The molecule has 1 aliphatic carbocycles. The smallest absolute Gasteiger partial charge is 0.338 e. The Hall–Kier alpha value is -1.95. The van der Waals surface area contributed by atoms with Gasteiger partial charge in [0.2, 0.25) is 0 Å². The lowest BCUT2D eigenvalue weighted by Gasteiger charge is -2.18. The molecule has 0 bridgehead atoms. The predicted octanol–water partition coefficient (Wildman–Crippen LogP) is 3.10. The highest BCUT2D eigenvalue weighted by Gasteiger charge is 2.33. The number of terminal acetylenes is 1. The molecule has 3 nitrogen and oxygen atoms in total. The van der Waals surface area contributed by atoms with Crippen molar-refractivity contribution in [1.29, 1.82) is 0 Å². The van der Waals surface area contributed by atoms with Crippen molar-refractivity contribution in [3.05, 3.63) is 29.8 Å². The van der Waals surface area contributed by atoms with Crippen molar-refractivity contribution < 1.29 is 9.53 Å². The van der Waals surface area contributed by atoms with E-state index in [2.05, 4.69) is 17.7 Å². The zero-order valence-corrected chi connectivity index (χ0v) is 12.1. The first-order valence-corrected chi connectivity index (χ1v) is 7.11. The third-order valence-corrected chi connectivity index (χ3v) is 3.74. The molecule has 3 heteroatoms. The third kappa shape index (κ3) is 3.54. The lowest BCUT2D eigenvalue weighted by Crippen LogP contribution is -2.20. The number of benzene rings is 1. The topological polar surface area (TPSA) is 29.5 Å². The van der Waals surface area contributed by atoms with Crippen LogP contribution in [0.1, 0.15) is 36.5 Å². The van der Waals surface area contributed by atoms with Crippen LogP contribution in [0.4, 0.5) is 5.69 Å². The molecule has 0 aromatic heterocycles. The van der Waals surface area contributed by atoms with Crippen molar-refractivity contribution in [2.45, 2.75) is 32.3 Å². The molecule has 1 atom stereocenters. The number of ether oxygens (including phenoxy) is 1. The zero-order valence-electron chi connectivity index (χ0n) is 12.1. The lowest BCUT2D eigenvalue weighted by molar-refractivity contribution is 0.0261. The number of carbonyl (C=O) groups excluding carboxylic acids is 1. The summed E-state index contributed by atoms with van der Waals surface area (Å²) >= 11 is 0. The van der Waals surface area contributed by atoms with Crippen LogP contribution in [0.15, 0.2) is 24.3 Å². The Morgan fingerprint density at radius 3 is 2.60 bits per heavy atom. The van der Waals surface area contributed by atoms with Crippen LogP contribution in [0.3, 0.4) is 0 Å². The standard InChI is InChI=1S/C17H21NO2/c1-4-6-16(13-7-8-13)20-17(19)14-9-11-15(12-10-14)18(3)5-2/h1,9-13,16H,5-8H2,2-3H3/t16-/m0/s1. The Balaban J connectivity index is 1.99. The average molecular weight is 271 g/mol. The molecule has 106 valence electrons. The molecule has 1 aromatic carbocycles. The fourth-order valence-corrected chi connectivity index (χ4v) is 2.13. The van der Waals surface area contributed by atoms with E-state index >= 15 is 0 Å². The fourth-order valence-electron chi connectivity index (χ4n) is 2.13. The van der Waals surface area contributed by atoms with Crippen LogP contribution in [-0.4, -0.2) is 25.7 Å². The van der Waals surface area contributed by atoms with Crippen LogP contribution in [0.2, 0.25) is 0 Å². The summed E-state index contributed by atoms with van der Waals surface area (Å²) in [6.45, 7) is 3.01. The number of anilines is 1. The first-order chi connectivity index (χ1) is 9.65. The summed E-state index contributed by atoms with van der Waals surface area (Å²) in [6.07, 6.45) is 7.94. The van der Waals surface area contributed by atoms with E-state index in [-0.39, 0.29) is 12.1 Å². The molecule has 0 aliphatic heterocycles. The van der Waals surface area contributed by atoms with Crippen molar-refractivity contribution in [1.82, 2.24) is 0 Å². The van der Waals surface area contributed by atoms with E-state index in [9.17, 15) is 4.79 Å². The van der Waals surface area contributed by atoms with Gasteiger partial charge in [0.25, 0.3) is 0 Å². The molecule has 0 radical (unpaired) electrons. The van der Waals surface area contributed by atoms with E-state index in [0.29, 0.717) is 17.9 Å². The van der Waals surface area contributed by atoms with Gasteiger partial charge in [-0.2, -0.15) is 0 Å². The number of esters is 1. The molecule has 0 N–H and O–H groups in total. The SMILES string of the molecule is C#CC[C@H](OC(=O)c1ccc(N(C)CC)cc1)C1CC1. The van der Waals surface area contributed by atoms with Gasteiger partial charge in [0.05, 0.1) is 5.56 Å². The molecule has 1 aromatic rings. The maximum atomic E-state index is 12.1. The van der Waals surface area contributed by atoms with Crippen LogP contribution >= 0.6 is 0 Å². The summed E-state index contributed by atoms with van der Waals surface area (Å²) in [5.74, 6) is 2.78. The van der Waals surface area contributed by atoms with E-state index in [1.165, 1.54) is 0 Å². The lowest BCUT2D eigenvalue weighted by atomic mass is 10.1. The molecule has 1 saturated carbocycles. The molecule has 1 fully saturated rings. The van der Waals surface area contributed by atoms with Crippen LogP contribution in [0.5, 0.6) is 0 Å². The maximum Gasteiger partial charge on any atom is 0.338 e. The van der Waals surface area contributed by atoms with Crippen molar-refractivity contribution in [3.63, 3.8) is 0 Å². The monoisotopic (exact) mass is 271 g/mol. The van der Waals surface area contributed by atoms with Gasteiger partial charge in [0, 0.05) is 25.7 Å². The second kappa shape index (κ2) is 6.47. The Kier molecular flexibility index (Phi) is 4.68. The van der Waals surface area contributed by atoms with Crippen LogP contribution in [0.25, 0.3) is 0 Å². The van der Waals surface area contributed by atoms with Crippen molar-refractivity contribution in [2.75, 3.05) is 18.5 Å². The Bertz CT molecular complexity index is 497. The Morgan fingerprint density at radius 2 is 2.10 bits per heavy atom. The van der Waals surface area contributed by atoms with Gasteiger partial charge >= 0.3 is 5.97 Å². The molecule has 0 heterocycles. The van der Waals surface area contributed by atoms with Crippen LogP contribution in [0, 0.1) is 18.3 Å². The van der Waals surface area contributed by atoms with Gasteiger partial charge in [-0.3, -0.25) is 0 Å². The number of hydrogen-bond donors (Lipinski definition) is 0. The fraction of sp³-hybridized carbons (Fsp3) is 0.471. The minimum atomic E-state index is -0.275. The van der Waals surface area contributed by atoms with Gasteiger partial charge in [-0.05, 0) is 49.9 Å². The second-order valence-electron chi connectivity index (χ2n) is 5.25. The highest BCUT2D eigenvalue weighted by molar-refractivity contribution is 5.90. The normalized spacial score (nSPS) is 15.2. The minimum absolute atomic E-state index is 0.120. The molecule has 20 heavy (non-hydrogen) atoms. The molecular formula is C17H21NO2. The van der Waals surface area contributed by atoms with E-state index < -0.39 is 0 Å². The summed E-state index contributed by atoms with van der Waals surface area (Å²) in [6, 6.07) is 7.49. The summed E-state index contributed by atoms with van der Waals surface area (Å²) in [7, 11) is 2.02. The summed E-state index contributed by atoms with van der Waals surface area (Å²) < 4.78 is 5.53. The quantitative estimate of drug-likeness (QED) is 0.588. The number of nitrogens with zero attached hydrogens (tertiary/aromatic N) is 1. The minimum Gasteiger partial charge on any atom is -0.457 e. The predicted molar refractivity (Wildman–Crippen MR) is 80.8 cm³/mol. The van der Waals surface area contributed by atoms with E-state index in [1.807, 2.05) is 31.3 Å².